The molecule has 1 aliphatic rings. The highest BCUT2D eigenvalue weighted by molar-refractivity contribution is 5.90. The monoisotopic (exact) mass is 416 g/mol. The van der Waals surface area contributed by atoms with Crippen LogP contribution < -0.4 is 15.5 Å². The second-order valence-corrected chi connectivity index (χ2v) is 7.16. The maximum atomic E-state index is 13.0. The van der Waals surface area contributed by atoms with E-state index in [0.29, 0.717) is 44.1 Å². The SMILES string of the molecule is COc1cn(CC(=O)Nc2ccc(F)cc2)c(CN2CCN(C(C)=O)CC2)cc1=O. The predicted octanol–water partition coefficient (Wildman–Crippen LogP) is 1.30. The van der Waals surface area contributed by atoms with Crippen molar-refractivity contribution in [2.45, 2.75) is 20.0 Å². The van der Waals surface area contributed by atoms with Crippen molar-refractivity contribution in [1.82, 2.24) is 14.4 Å². The van der Waals surface area contributed by atoms with Gasteiger partial charge in [-0.1, -0.05) is 0 Å². The molecule has 1 aromatic heterocycles. The van der Waals surface area contributed by atoms with Crippen molar-refractivity contribution in [3.05, 3.63) is 58.3 Å². The highest BCUT2D eigenvalue weighted by Gasteiger charge is 2.20. The molecule has 0 unspecified atom stereocenters. The van der Waals surface area contributed by atoms with E-state index >= 15 is 0 Å². The zero-order valence-corrected chi connectivity index (χ0v) is 17.1. The van der Waals surface area contributed by atoms with Crippen molar-refractivity contribution in [3.8, 4) is 5.75 Å². The fourth-order valence-corrected chi connectivity index (χ4v) is 3.37. The molecule has 3 rings (SSSR count). The van der Waals surface area contributed by atoms with Crippen LogP contribution in [-0.2, 0) is 22.7 Å². The molecule has 2 aromatic rings. The number of nitrogens with zero attached hydrogens (tertiary/aromatic N) is 3. The Morgan fingerprint density at radius 2 is 1.80 bits per heavy atom. The predicted molar refractivity (Wildman–Crippen MR) is 110 cm³/mol. The molecule has 0 bridgehead atoms. The molecule has 1 N–H and O–H groups in total. The van der Waals surface area contributed by atoms with Gasteiger partial charge in [-0.25, -0.2) is 4.39 Å². The van der Waals surface area contributed by atoms with E-state index in [9.17, 15) is 18.8 Å². The summed E-state index contributed by atoms with van der Waals surface area (Å²) in [4.78, 5) is 40.2. The zero-order chi connectivity index (χ0) is 21.7. The molecule has 2 amide bonds. The van der Waals surface area contributed by atoms with Gasteiger partial charge in [0.2, 0.25) is 17.2 Å². The molecule has 1 aromatic carbocycles. The van der Waals surface area contributed by atoms with E-state index in [1.807, 2.05) is 0 Å². The van der Waals surface area contributed by atoms with Crippen molar-refractivity contribution < 1.29 is 18.7 Å². The van der Waals surface area contributed by atoms with Crippen molar-refractivity contribution in [2.24, 2.45) is 0 Å². The number of rotatable bonds is 6. The van der Waals surface area contributed by atoms with E-state index in [-0.39, 0.29) is 35.4 Å². The topological polar surface area (TPSA) is 83.9 Å². The molecule has 1 aliphatic heterocycles. The Kier molecular flexibility index (Phi) is 6.83. The minimum Gasteiger partial charge on any atom is -0.491 e. The van der Waals surface area contributed by atoms with Crippen LogP contribution in [0.5, 0.6) is 5.75 Å². The lowest BCUT2D eigenvalue weighted by Crippen LogP contribution is -2.47. The number of pyridine rings is 1. The molecule has 2 heterocycles. The quantitative estimate of drug-likeness (QED) is 0.768. The first-order valence-electron chi connectivity index (χ1n) is 9.66. The second kappa shape index (κ2) is 9.53. The van der Waals surface area contributed by atoms with Gasteiger partial charge in [0.25, 0.3) is 0 Å². The molecular weight excluding hydrogens is 391 g/mol. The molecule has 9 heteroatoms. The Hall–Kier alpha value is -3.20. The summed E-state index contributed by atoms with van der Waals surface area (Å²) < 4.78 is 19.8. The van der Waals surface area contributed by atoms with E-state index in [1.165, 1.54) is 43.6 Å². The van der Waals surface area contributed by atoms with Gasteiger partial charge in [0.15, 0.2) is 5.75 Å². The molecule has 0 spiro atoms. The van der Waals surface area contributed by atoms with E-state index in [4.69, 9.17) is 4.74 Å². The van der Waals surface area contributed by atoms with Crippen molar-refractivity contribution in [3.63, 3.8) is 0 Å². The molecule has 0 atom stereocenters. The number of methoxy groups -OCH3 is 1. The number of amides is 2. The number of piperazine rings is 1. The standard InChI is InChI=1S/C21H25FN4O4/c1-15(27)25-9-7-24(8-10-25)12-18-11-19(28)20(30-2)13-26(18)14-21(29)23-17-5-3-16(22)4-6-17/h3-6,11,13H,7-10,12,14H2,1-2H3,(H,23,29). The van der Waals surface area contributed by atoms with Gasteiger partial charge < -0.3 is 19.5 Å². The number of aromatic nitrogens is 1. The van der Waals surface area contributed by atoms with Gasteiger partial charge in [-0.3, -0.25) is 19.3 Å². The molecule has 0 radical (unpaired) electrons. The average Bonchev–Trinajstić information content (AvgIpc) is 2.72. The Labute approximate surface area is 173 Å². The van der Waals surface area contributed by atoms with Crippen LogP contribution in [0.1, 0.15) is 12.6 Å². The highest BCUT2D eigenvalue weighted by atomic mass is 19.1. The largest absolute Gasteiger partial charge is 0.491 e. The van der Waals surface area contributed by atoms with Gasteiger partial charge in [0.1, 0.15) is 12.4 Å². The third-order valence-corrected chi connectivity index (χ3v) is 5.05. The molecule has 8 nitrogen and oxygen atoms in total. The minimum absolute atomic E-state index is 0.0310. The van der Waals surface area contributed by atoms with E-state index in [2.05, 4.69) is 10.2 Å². The van der Waals surface area contributed by atoms with Gasteiger partial charge in [0.05, 0.1) is 13.3 Å². The number of halogens is 1. The number of hydrogen-bond acceptors (Lipinski definition) is 5. The molecule has 30 heavy (non-hydrogen) atoms. The Balaban J connectivity index is 1.74. The highest BCUT2D eigenvalue weighted by Crippen LogP contribution is 2.13. The first kappa shape index (κ1) is 21.5. The first-order chi connectivity index (χ1) is 14.4. The van der Waals surface area contributed by atoms with Crippen LogP contribution in [-0.4, -0.2) is 59.5 Å². The molecular formula is C21H25FN4O4. The number of hydrogen-bond donors (Lipinski definition) is 1. The number of carbonyl (C=O) groups is 2. The van der Waals surface area contributed by atoms with Crippen molar-refractivity contribution in [2.75, 3.05) is 38.6 Å². The lowest BCUT2D eigenvalue weighted by atomic mass is 10.2. The molecule has 0 aliphatic carbocycles. The summed E-state index contributed by atoms with van der Waals surface area (Å²) in [6.07, 6.45) is 1.52. The Morgan fingerprint density at radius 3 is 2.40 bits per heavy atom. The van der Waals surface area contributed by atoms with Crippen molar-refractivity contribution >= 4 is 17.5 Å². The van der Waals surface area contributed by atoms with Crippen LogP contribution in [0.15, 0.2) is 41.3 Å². The second-order valence-electron chi connectivity index (χ2n) is 7.16. The summed E-state index contributed by atoms with van der Waals surface area (Å²) in [5.41, 5.74) is 0.896. The number of nitrogens with one attached hydrogen (secondary N) is 1. The normalized spacial score (nSPS) is 14.4. The van der Waals surface area contributed by atoms with Gasteiger partial charge in [-0.05, 0) is 24.3 Å². The molecule has 0 saturated carbocycles. The minimum atomic E-state index is -0.384. The van der Waals surface area contributed by atoms with Crippen LogP contribution in [0.4, 0.5) is 10.1 Å². The van der Waals surface area contributed by atoms with Crippen LogP contribution in [0.2, 0.25) is 0 Å². The van der Waals surface area contributed by atoms with Crippen LogP contribution in [0.3, 0.4) is 0 Å². The number of anilines is 1. The summed E-state index contributed by atoms with van der Waals surface area (Å²) in [7, 11) is 1.40. The summed E-state index contributed by atoms with van der Waals surface area (Å²) >= 11 is 0. The number of ether oxygens (including phenoxy) is 1. The van der Waals surface area contributed by atoms with Gasteiger partial charge in [-0.2, -0.15) is 0 Å². The summed E-state index contributed by atoms with van der Waals surface area (Å²) in [6.45, 7) is 4.60. The van der Waals surface area contributed by atoms with Gasteiger partial charge >= 0.3 is 0 Å². The van der Waals surface area contributed by atoms with Crippen LogP contribution >= 0.6 is 0 Å². The fourth-order valence-electron chi connectivity index (χ4n) is 3.37. The zero-order valence-electron chi connectivity index (χ0n) is 17.1. The molecule has 160 valence electrons. The third kappa shape index (κ3) is 5.44. The van der Waals surface area contributed by atoms with E-state index in [0.717, 1.165) is 0 Å². The molecule has 1 fully saturated rings. The van der Waals surface area contributed by atoms with Crippen LogP contribution in [0.25, 0.3) is 0 Å². The Morgan fingerprint density at radius 1 is 1.13 bits per heavy atom. The average molecular weight is 416 g/mol. The van der Waals surface area contributed by atoms with E-state index < -0.39 is 0 Å². The Bertz CT molecular complexity index is 966. The summed E-state index contributed by atoms with van der Waals surface area (Å²) in [6, 6.07) is 6.97. The summed E-state index contributed by atoms with van der Waals surface area (Å²) in [5, 5.41) is 2.72. The first-order valence-corrected chi connectivity index (χ1v) is 9.66. The lowest BCUT2D eigenvalue weighted by molar-refractivity contribution is -0.130. The number of carbonyl (C=O) groups excluding carboxylic acids is 2. The van der Waals surface area contributed by atoms with E-state index in [1.54, 1.807) is 16.4 Å². The van der Waals surface area contributed by atoms with Crippen LogP contribution in [0, 0.1) is 5.82 Å². The summed E-state index contributed by atoms with van der Waals surface area (Å²) in [5.74, 6) is -0.497. The van der Waals surface area contributed by atoms with Gasteiger partial charge in [0, 0.05) is 57.1 Å². The third-order valence-electron chi connectivity index (χ3n) is 5.05. The number of benzene rings is 1. The smallest absolute Gasteiger partial charge is 0.244 e. The maximum Gasteiger partial charge on any atom is 0.244 e. The van der Waals surface area contributed by atoms with Gasteiger partial charge in [-0.15, -0.1) is 0 Å². The fraction of sp³-hybridized carbons (Fsp3) is 0.381. The molecule has 1 saturated heterocycles. The van der Waals surface area contributed by atoms with Crippen molar-refractivity contribution in [1.29, 1.82) is 0 Å². The lowest BCUT2D eigenvalue weighted by Gasteiger charge is -2.34. The maximum absolute atomic E-state index is 13.0.